The summed E-state index contributed by atoms with van der Waals surface area (Å²) in [6.45, 7) is 1.06. The van der Waals surface area contributed by atoms with E-state index in [1.807, 2.05) is 0 Å². The molecule has 18 heavy (non-hydrogen) atoms. The lowest BCUT2D eigenvalue weighted by atomic mass is 9.78. The van der Waals surface area contributed by atoms with Crippen molar-refractivity contribution in [3.63, 3.8) is 0 Å². The molecule has 0 aromatic carbocycles. The quantitative estimate of drug-likeness (QED) is 0.612. The molecule has 1 aliphatic rings. The zero-order valence-electron chi connectivity index (χ0n) is 11.2. The zero-order chi connectivity index (χ0) is 13.4. The number of hydrogen-bond acceptors (Lipinski definition) is 4. The molecule has 1 aliphatic carbocycles. The highest BCUT2D eigenvalue weighted by molar-refractivity contribution is 5.79. The molecule has 0 heterocycles. The second kappa shape index (κ2) is 8.45. The molecule has 5 heteroatoms. The Labute approximate surface area is 109 Å². The van der Waals surface area contributed by atoms with Crippen LogP contribution in [0.25, 0.3) is 0 Å². The molecule has 5 nitrogen and oxygen atoms in total. The number of rotatable bonds is 7. The minimum absolute atomic E-state index is 0.0142. The predicted octanol–water partition coefficient (Wildman–Crippen LogP) is 0.265. The molecule has 0 aliphatic heterocycles. The molecule has 0 radical (unpaired) electrons. The van der Waals surface area contributed by atoms with Gasteiger partial charge in [0.05, 0.1) is 12.6 Å². The summed E-state index contributed by atoms with van der Waals surface area (Å²) < 4.78 is 4.96. The highest BCUT2D eigenvalue weighted by Crippen LogP contribution is 2.29. The first kappa shape index (κ1) is 15.4. The molecule has 1 amide bonds. The zero-order valence-corrected chi connectivity index (χ0v) is 11.2. The summed E-state index contributed by atoms with van der Waals surface area (Å²) in [5.41, 5.74) is 5.73. The number of aliphatic hydroxyl groups excluding tert-OH is 1. The van der Waals surface area contributed by atoms with Gasteiger partial charge < -0.3 is 20.9 Å². The predicted molar refractivity (Wildman–Crippen MR) is 70.0 cm³/mol. The molecule has 0 bridgehead atoms. The fraction of sp³-hybridized carbons (Fsp3) is 0.923. The van der Waals surface area contributed by atoms with Crippen molar-refractivity contribution in [2.45, 2.75) is 38.1 Å². The third-order valence-electron chi connectivity index (χ3n) is 3.79. The minimum Gasteiger partial charge on any atom is -0.394 e. The van der Waals surface area contributed by atoms with E-state index >= 15 is 0 Å². The standard InChI is InChI=1S/C13H26N2O3/c1-18-7-6-11(9-16)15-13(17)12-5-3-2-4-10(12)8-14/h10-12,16H,2-9,14H2,1H3,(H,15,17). The van der Waals surface area contributed by atoms with E-state index in [2.05, 4.69) is 5.32 Å². The van der Waals surface area contributed by atoms with E-state index in [1.54, 1.807) is 7.11 Å². The van der Waals surface area contributed by atoms with Gasteiger partial charge in [0, 0.05) is 19.6 Å². The highest BCUT2D eigenvalue weighted by atomic mass is 16.5. The van der Waals surface area contributed by atoms with Gasteiger partial charge in [-0.15, -0.1) is 0 Å². The first-order chi connectivity index (χ1) is 8.72. The Hall–Kier alpha value is -0.650. The van der Waals surface area contributed by atoms with E-state index in [0.717, 1.165) is 19.3 Å². The van der Waals surface area contributed by atoms with Crippen molar-refractivity contribution in [1.29, 1.82) is 0 Å². The number of ether oxygens (including phenoxy) is 1. The van der Waals surface area contributed by atoms with Crippen LogP contribution in [-0.4, -0.2) is 43.9 Å². The van der Waals surface area contributed by atoms with Gasteiger partial charge in [0.15, 0.2) is 0 Å². The fourth-order valence-electron chi connectivity index (χ4n) is 2.61. The van der Waals surface area contributed by atoms with Crippen LogP contribution in [0, 0.1) is 11.8 Å². The average Bonchev–Trinajstić information content (AvgIpc) is 2.43. The van der Waals surface area contributed by atoms with Crippen molar-refractivity contribution in [2.75, 3.05) is 26.9 Å². The summed E-state index contributed by atoms with van der Waals surface area (Å²) in [6, 6.07) is -0.210. The Kier molecular flexibility index (Phi) is 7.23. The first-order valence-corrected chi connectivity index (χ1v) is 6.83. The van der Waals surface area contributed by atoms with Crippen LogP contribution in [0.2, 0.25) is 0 Å². The molecule has 4 N–H and O–H groups in total. The largest absolute Gasteiger partial charge is 0.394 e. The number of amides is 1. The van der Waals surface area contributed by atoms with E-state index in [0.29, 0.717) is 25.5 Å². The van der Waals surface area contributed by atoms with Crippen LogP contribution >= 0.6 is 0 Å². The van der Waals surface area contributed by atoms with Crippen LogP contribution in [0.1, 0.15) is 32.1 Å². The van der Waals surface area contributed by atoms with Gasteiger partial charge in [-0.25, -0.2) is 0 Å². The number of nitrogens with one attached hydrogen (secondary N) is 1. The molecular weight excluding hydrogens is 232 g/mol. The topological polar surface area (TPSA) is 84.6 Å². The Balaban J connectivity index is 2.45. The van der Waals surface area contributed by atoms with Gasteiger partial charge in [0.2, 0.25) is 5.91 Å². The molecule has 0 spiro atoms. The lowest BCUT2D eigenvalue weighted by Gasteiger charge is -2.30. The first-order valence-electron chi connectivity index (χ1n) is 6.83. The number of nitrogens with two attached hydrogens (primary N) is 1. The highest BCUT2D eigenvalue weighted by Gasteiger charge is 2.30. The molecular formula is C13H26N2O3. The number of methoxy groups -OCH3 is 1. The smallest absolute Gasteiger partial charge is 0.223 e. The Morgan fingerprint density at radius 1 is 1.50 bits per heavy atom. The molecule has 3 atom stereocenters. The number of carbonyl (C=O) groups is 1. The van der Waals surface area contributed by atoms with Crippen molar-refractivity contribution in [3.05, 3.63) is 0 Å². The van der Waals surface area contributed by atoms with Gasteiger partial charge in [-0.2, -0.15) is 0 Å². The van der Waals surface area contributed by atoms with E-state index in [-0.39, 0.29) is 24.5 Å². The van der Waals surface area contributed by atoms with Gasteiger partial charge in [-0.1, -0.05) is 12.8 Å². The van der Waals surface area contributed by atoms with Crippen molar-refractivity contribution in [1.82, 2.24) is 5.32 Å². The molecule has 1 fully saturated rings. The SMILES string of the molecule is COCCC(CO)NC(=O)C1CCCCC1CN. The maximum atomic E-state index is 12.2. The normalized spacial score (nSPS) is 25.7. The Morgan fingerprint density at radius 3 is 2.83 bits per heavy atom. The molecule has 1 rings (SSSR count). The van der Waals surface area contributed by atoms with Crippen molar-refractivity contribution < 1.29 is 14.6 Å². The summed E-state index contributed by atoms with van der Waals surface area (Å²) in [4.78, 5) is 12.2. The Bertz CT molecular complexity index is 248. The number of hydrogen-bond donors (Lipinski definition) is 3. The summed E-state index contributed by atoms with van der Waals surface area (Å²) in [5.74, 6) is 0.348. The monoisotopic (exact) mass is 258 g/mol. The molecule has 3 unspecified atom stereocenters. The van der Waals surface area contributed by atoms with E-state index in [4.69, 9.17) is 10.5 Å². The van der Waals surface area contributed by atoms with Crippen LogP contribution in [0.4, 0.5) is 0 Å². The molecule has 0 saturated heterocycles. The lowest BCUT2D eigenvalue weighted by Crippen LogP contribution is -2.45. The van der Waals surface area contributed by atoms with Gasteiger partial charge in [-0.05, 0) is 31.7 Å². The fourth-order valence-corrected chi connectivity index (χ4v) is 2.61. The molecule has 0 aromatic rings. The van der Waals surface area contributed by atoms with Crippen molar-refractivity contribution in [2.24, 2.45) is 17.6 Å². The molecule has 106 valence electrons. The maximum Gasteiger partial charge on any atom is 0.223 e. The third kappa shape index (κ3) is 4.55. The summed E-state index contributed by atoms with van der Waals surface area (Å²) >= 11 is 0. The Morgan fingerprint density at radius 2 is 2.22 bits per heavy atom. The van der Waals surface area contributed by atoms with Gasteiger partial charge in [-0.3, -0.25) is 4.79 Å². The average molecular weight is 258 g/mol. The van der Waals surface area contributed by atoms with Crippen LogP contribution < -0.4 is 11.1 Å². The van der Waals surface area contributed by atoms with Crippen molar-refractivity contribution >= 4 is 5.91 Å². The van der Waals surface area contributed by atoms with Gasteiger partial charge in [0.25, 0.3) is 0 Å². The van der Waals surface area contributed by atoms with Gasteiger partial charge >= 0.3 is 0 Å². The van der Waals surface area contributed by atoms with Gasteiger partial charge in [0.1, 0.15) is 0 Å². The number of carbonyl (C=O) groups excluding carboxylic acids is 1. The second-order valence-corrected chi connectivity index (χ2v) is 5.06. The van der Waals surface area contributed by atoms with E-state index in [1.165, 1.54) is 6.42 Å². The molecule has 0 aromatic heterocycles. The van der Waals surface area contributed by atoms with E-state index in [9.17, 15) is 9.90 Å². The van der Waals surface area contributed by atoms with Crippen LogP contribution in [0.3, 0.4) is 0 Å². The second-order valence-electron chi connectivity index (χ2n) is 5.06. The minimum atomic E-state index is -0.210. The molecule has 1 saturated carbocycles. The summed E-state index contributed by atoms with van der Waals surface area (Å²) in [5, 5.41) is 12.1. The lowest BCUT2D eigenvalue weighted by molar-refractivity contribution is -0.128. The van der Waals surface area contributed by atoms with Crippen LogP contribution in [-0.2, 0) is 9.53 Å². The summed E-state index contributed by atoms with van der Waals surface area (Å²) in [6.07, 6.45) is 4.85. The van der Waals surface area contributed by atoms with E-state index < -0.39 is 0 Å². The van der Waals surface area contributed by atoms with Crippen LogP contribution in [0.15, 0.2) is 0 Å². The maximum absolute atomic E-state index is 12.2. The summed E-state index contributed by atoms with van der Waals surface area (Å²) in [7, 11) is 1.61. The number of aliphatic hydroxyl groups is 1. The third-order valence-corrected chi connectivity index (χ3v) is 3.79. The van der Waals surface area contributed by atoms with Crippen LogP contribution in [0.5, 0.6) is 0 Å². The van der Waals surface area contributed by atoms with Crippen molar-refractivity contribution in [3.8, 4) is 0 Å².